The van der Waals surface area contributed by atoms with E-state index in [0.717, 1.165) is 44.8 Å². The van der Waals surface area contributed by atoms with Gasteiger partial charge in [0.15, 0.2) is 0 Å². The molecule has 2 saturated heterocycles. The van der Waals surface area contributed by atoms with Gasteiger partial charge in [0.25, 0.3) is 0 Å². The molecular weight excluding hydrogens is 232 g/mol. The summed E-state index contributed by atoms with van der Waals surface area (Å²) in [4.78, 5) is 0. The molecule has 18 heavy (non-hydrogen) atoms. The van der Waals surface area contributed by atoms with Crippen LogP contribution in [0, 0.1) is 0 Å². The van der Waals surface area contributed by atoms with Crippen LogP contribution in [0.2, 0.25) is 0 Å². The summed E-state index contributed by atoms with van der Waals surface area (Å²) < 4.78 is 13.7. The summed E-state index contributed by atoms with van der Waals surface area (Å²) in [6, 6.07) is 0. The third-order valence-electron chi connectivity index (χ3n) is 3.86. The molecule has 2 aliphatic heterocycles. The summed E-state index contributed by atoms with van der Waals surface area (Å²) in [6.07, 6.45) is 4.95. The lowest BCUT2D eigenvalue weighted by atomic mass is 9.89. The Morgan fingerprint density at radius 3 is 3.17 bits per heavy atom. The van der Waals surface area contributed by atoms with Crippen molar-refractivity contribution in [3.63, 3.8) is 0 Å². The van der Waals surface area contributed by atoms with E-state index in [1.807, 2.05) is 6.92 Å². The molecule has 1 spiro atoms. The number of ether oxygens (including phenoxy) is 2. The van der Waals surface area contributed by atoms with Gasteiger partial charge in [-0.2, -0.15) is 0 Å². The van der Waals surface area contributed by atoms with Gasteiger partial charge in [-0.15, -0.1) is 5.10 Å². The van der Waals surface area contributed by atoms with Gasteiger partial charge in [-0.05, 0) is 32.9 Å². The molecule has 0 radical (unpaired) electrons. The van der Waals surface area contributed by atoms with Gasteiger partial charge in [0.2, 0.25) is 5.88 Å². The summed E-state index contributed by atoms with van der Waals surface area (Å²) in [5.74, 6) is 0.747. The fraction of sp³-hybridized carbons (Fsp3) is 0.833. The smallest absolute Gasteiger partial charge is 0.232 e. The molecule has 2 aliphatic rings. The lowest BCUT2D eigenvalue weighted by Gasteiger charge is -2.32. The van der Waals surface area contributed by atoms with Crippen LogP contribution in [0.3, 0.4) is 0 Å². The van der Waals surface area contributed by atoms with Gasteiger partial charge < -0.3 is 14.8 Å². The molecule has 1 unspecified atom stereocenters. The van der Waals surface area contributed by atoms with Gasteiger partial charge in [0.05, 0.1) is 12.2 Å². The van der Waals surface area contributed by atoms with E-state index < -0.39 is 0 Å². The van der Waals surface area contributed by atoms with E-state index in [-0.39, 0.29) is 11.7 Å². The normalized spacial score (nSPS) is 26.6. The zero-order valence-corrected chi connectivity index (χ0v) is 10.8. The highest BCUT2D eigenvalue weighted by atomic mass is 16.6. The van der Waals surface area contributed by atoms with E-state index in [1.165, 1.54) is 0 Å². The van der Waals surface area contributed by atoms with Gasteiger partial charge in [-0.1, -0.05) is 5.21 Å². The number of nitrogens with one attached hydrogen (secondary N) is 1. The standard InChI is InChI=1S/C12H20N4O2/c1-2-16-11(8-14-15-16)18-10-7-12(17-9-10)3-5-13-6-4-12/h8,10,13H,2-7,9H2,1H3. The van der Waals surface area contributed by atoms with Crippen molar-refractivity contribution in [1.82, 2.24) is 20.3 Å². The van der Waals surface area contributed by atoms with Crippen molar-refractivity contribution in [1.29, 1.82) is 0 Å². The van der Waals surface area contributed by atoms with Gasteiger partial charge >= 0.3 is 0 Å². The van der Waals surface area contributed by atoms with Gasteiger partial charge in [0.1, 0.15) is 12.3 Å². The van der Waals surface area contributed by atoms with Crippen molar-refractivity contribution in [2.45, 2.75) is 44.4 Å². The second-order valence-corrected chi connectivity index (χ2v) is 5.08. The third kappa shape index (κ3) is 2.22. The lowest BCUT2D eigenvalue weighted by Crippen LogP contribution is -2.41. The van der Waals surface area contributed by atoms with Crippen LogP contribution >= 0.6 is 0 Å². The molecule has 3 rings (SSSR count). The Hall–Kier alpha value is -1.14. The number of rotatable bonds is 3. The maximum absolute atomic E-state index is 6.00. The Bertz CT molecular complexity index is 401. The number of piperidine rings is 1. The van der Waals surface area contributed by atoms with Crippen molar-refractivity contribution in [2.24, 2.45) is 0 Å². The summed E-state index contributed by atoms with van der Waals surface area (Å²) in [5.41, 5.74) is 0.0421. The van der Waals surface area contributed by atoms with E-state index in [1.54, 1.807) is 10.9 Å². The average molecular weight is 252 g/mol. The molecule has 0 aromatic carbocycles. The fourth-order valence-corrected chi connectivity index (χ4v) is 2.84. The number of hydrogen-bond acceptors (Lipinski definition) is 5. The predicted molar refractivity (Wildman–Crippen MR) is 65.5 cm³/mol. The van der Waals surface area contributed by atoms with Crippen LogP contribution in [0.4, 0.5) is 0 Å². The molecule has 2 fully saturated rings. The fourth-order valence-electron chi connectivity index (χ4n) is 2.84. The van der Waals surface area contributed by atoms with E-state index in [0.29, 0.717) is 6.61 Å². The van der Waals surface area contributed by atoms with Crippen molar-refractivity contribution < 1.29 is 9.47 Å². The monoisotopic (exact) mass is 252 g/mol. The van der Waals surface area contributed by atoms with Crippen molar-refractivity contribution in [2.75, 3.05) is 19.7 Å². The van der Waals surface area contributed by atoms with Gasteiger partial charge in [-0.3, -0.25) is 0 Å². The molecule has 1 atom stereocenters. The highest BCUT2D eigenvalue weighted by molar-refractivity contribution is 5.04. The molecule has 1 aromatic heterocycles. The average Bonchev–Trinajstić information content (AvgIpc) is 2.99. The van der Waals surface area contributed by atoms with E-state index in [9.17, 15) is 0 Å². The molecule has 1 N–H and O–H groups in total. The number of hydrogen-bond donors (Lipinski definition) is 1. The van der Waals surface area contributed by atoms with Crippen LogP contribution in [0.25, 0.3) is 0 Å². The molecular formula is C12H20N4O2. The minimum Gasteiger partial charge on any atom is -0.471 e. The number of nitrogens with zero attached hydrogens (tertiary/aromatic N) is 3. The quantitative estimate of drug-likeness (QED) is 0.853. The number of aryl methyl sites for hydroxylation is 1. The molecule has 6 nitrogen and oxygen atoms in total. The second-order valence-electron chi connectivity index (χ2n) is 5.08. The molecule has 0 aliphatic carbocycles. The minimum absolute atomic E-state index is 0.0421. The van der Waals surface area contributed by atoms with Crippen LogP contribution in [-0.2, 0) is 11.3 Å². The summed E-state index contributed by atoms with van der Waals surface area (Å²) in [5, 5.41) is 11.2. The number of aromatic nitrogens is 3. The summed E-state index contributed by atoms with van der Waals surface area (Å²) >= 11 is 0. The first kappa shape index (κ1) is 11.9. The molecule has 3 heterocycles. The Morgan fingerprint density at radius 2 is 2.39 bits per heavy atom. The van der Waals surface area contributed by atoms with Gasteiger partial charge in [0, 0.05) is 13.0 Å². The first-order valence-electron chi connectivity index (χ1n) is 6.71. The predicted octanol–water partition coefficient (Wildman–Crippen LogP) is 0.588. The highest BCUT2D eigenvalue weighted by Gasteiger charge is 2.42. The molecule has 1 aromatic rings. The molecule has 0 amide bonds. The Morgan fingerprint density at radius 1 is 1.56 bits per heavy atom. The maximum Gasteiger partial charge on any atom is 0.232 e. The Balaban J connectivity index is 1.62. The van der Waals surface area contributed by atoms with Crippen molar-refractivity contribution >= 4 is 0 Å². The molecule has 6 heteroatoms. The van der Waals surface area contributed by atoms with Crippen LogP contribution in [0.15, 0.2) is 6.20 Å². The SMILES string of the molecule is CCn1nncc1OC1COC2(CCNCC2)C1. The van der Waals surface area contributed by atoms with Crippen LogP contribution in [0.1, 0.15) is 26.2 Å². The zero-order valence-electron chi connectivity index (χ0n) is 10.8. The Labute approximate surface area is 107 Å². The van der Waals surface area contributed by atoms with Crippen molar-refractivity contribution in [3.8, 4) is 5.88 Å². The first-order valence-corrected chi connectivity index (χ1v) is 6.71. The van der Waals surface area contributed by atoms with Crippen LogP contribution < -0.4 is 10.1 Å². The van der Waals surface area contributed by atoms with Gasteiger partial charge in [-0.25, -0.2) is 4.68 Å². The second kappa shape index (κ2) is 4.85. The molecule has 0 bridgehead atoms. The maximum atomic E-state index is 6.00. The zero-order chi connectivity index (χ0) is 12.4. The minimum atomic E-state index is 0.0421. The summed E-state index contributed by atoms with van der Waals surface area (Å²) in [7, 11) is 0. The summed E-state index contributed by atoms with van der Waals surface area (Å²) in [6.45, 7) is 5.57. The van der Waals surface area contributed by atoms with Crippen molar-refractivity contribution in [3.05, 3.63) is 6.20 Å². The lowest BCUT2D eigenvalue weighted by molar-refractivity contribution is -0.0206. The highest BCUT2D eigenvalue weighted by Crippen LogP contribution is 2.35. The van der Waals surface area contributed by atoms with Crippen LogP contribution in [0.5, 0.6) is 5.88 Å². The first-order chi connectivity index (χ1) is 8.81. The largest absolute Gasteiger partial charge is 0.471 e. The topological polar surface area (TPSA) is 61.2 Å². The van der Waals surface area contributed by atoms with E-state index in [2.05, 4.69) is 15.6 Å². The molecule has 0 saturated carbocycles. The molecule has 100 valence electrons. The Kier molecular flexibility index (Phi) is 3.22. The third-order valence-corrected chi connectivity index (χ3v) is 3.86. The van der Waals surface area contributed by atoms with E-state index in [4.69, 9.17) is 9.47 Å². The van der Waals surface area contributed by atoms with Crippen LogP contribution in [-0.4, -0.2) is 46.4 Å². The van der Waals surface area contributed by atoms with E-state index >= 15 is 0 Å².